The normalized spacial score (nSPS) is 15.7. The van der Waals surface area contributed by atoms with Gasteiger partial charge in [-0.1, -0.05) is 12.1 Å². The number of anilines is 3. The summed E-state index contributed by atoms with van der Waals surface area (Å²) in [5.74, 6) is 0.349. The van der Waals surface area contributed by atoms with Crippen LogP contribution in [0.4, 0.5) is 17.3 Å². The van der Waals surface area contributed by atoms with Crippen molar-refractivity contribution in [1.29, 1.82) is 0 Å². The molecule has 0 saturated heterocycles. The van der Waals surface area contributed by atoms with Crippen molar-refractivity contribution in [2.75, 3.05) is 21.5 Å². The topological polar surface area (TPSA) is 194 Å². The third-order valence-electron chi connectivity index (χ3n) is 5.98. The number of sulfonamides is 2. The van der Waals surface area contributed by atoms with E-state index in [4.69, 9.17) is 4.52 Å². The molecule has 2 aromatic carbocycles. The number of hydrogen-bond donors (Lipinski definition) is 3. The summed E-state index contributed by atoms with van der Waals surface area (Å²) in [5.41, 5.74) is 2.47. The molecule has 0 saturated carbocycles. The Hall–Kier alpha value is -3.56. The molecular formula is C22H23N6O8PS2. The predicted molar refractivity (Wildman–Crippen MR) is 143 cm³/mol. The molecule has 206 valence electrons. The second kappa shape index (κ2) is 9.57. The first kappa shape index (κ1) is 27.0. The van der Waals surface area contributed by atoms with E-state index in [0.29, 0.717) is 38.8 Å². The van der Waals surface area contributed by atoms with Crippen molar-refractivity contribution in [1.82, 2.24) is 19.7 Å². The standard InChI is InChI=1S/C22H23N6O8PS2/c1-38(32,33)28(39(2,34)35)16-8-6-15(7-9-16)25-22-23-12-14-13-24-27(21(14)26-22)19-11-10-18-17(19)4-3-5-20(18)36-37(29,30)31/h3-9,12-13,19H,10-11H2,1-2H3,(H,23,25,26)(H2,29,30,31). The fourth-order valence-electron chi connectivity index (χ4n) is 4.62. The first-order valence-corrected chi connectivity index (χ1v) is 16.6. The summed E-state index contributed by atoms with van der Waals surface area (Å²) in [4.78, 5) is 27.4. The van der Waals surface area contributed by atoms with Crippen LogP contribution in [0.5, 0.6) is 5.75 Å². The number of hydrogen-bond acceptors (Lipinski definition) is 10. The van der Waals surface area contributed by atoms with Gasteiger partial charge >= 0.3 is 7.82 Å². The van der Waals surface area contributed by atoms with E-state index < -0.39 is 27.9 Å². The Kier molecular flexibility index (Phi) is 6.63. The van der Waals surface area contributed by atoms with Gasteiger partial charge in [0.05, 0.1) is 35.8 Å². The molecule has 2 heterocycles. The maximum Gasteiger partial charge on any atom is 0.524 e. The Bertz CT molecular complexity index is 1810. The summed E-state index contributed by atoms with van der Waals surface area (Å²) in [6, 6.07) is 10.5. The fourth-order valence-corrected chi connectivity index (χ4v) is 8.02. The number of benzene rings is 2. The van der Waals surface area contributed by atoms with Crippen LogP contribution < -0.4 is 13.6 Å². The van der Waals surface area contributed by atoms with E-state index in [1.54, 1.807) is 23.1 Å². The largest absolute Gasteiger partial charge is 0.524 e. The van der Waals surface area contributed by atoms with Crippen molar-refractivity contribution < 1.29 is 35.7 Å². The fraction of sp³-hybridized carbons (Fsp3) is 0.227. The molecule has 0 spiro atoms. The van der Waals surface area contributed by atoms with Crippen LogP contribution in [0.2, 0.25) is 0 Å². The molecule has 0 aliphatic heterocycles. The molecule has 2 aromatic heterocycles. The van der Waals surface area contributed by atoms with Gasteiger partial charge in [-0.05, 0) is 48.7 Å². The van der Waals surface area contributed by atoms with E-state index in [9.17, 15) is 31.2 Å². The third kappa shape index (κ3) is 5.60. The molecular weight excluding hydrogens is 571 g/mol. The zero-order valence-electron chi connectivity index (χ0n) is 20.5. The Labute approximate surface area is 223 Å². The van der Waals surface area contributed by atoms with E-state index in [-0.39, 0.29) is 23.4 Å². The van der Waals surface area contributed by atoms with Gasteiger partial charge in [-0.15, -0.1) is 0 Å². The van der Waals surface area contributed by atoms with Crippen molar-refractivity contribution >= 4 is 56.2 Å². The van der Waals surface area contributed by atoms with Crippen molar-refractivity contribution in [3.05, 3.63) is 66.0 Å². The van der Waals surface area contributed by atoms with Gasteiger partial charge in [0.2, 0.25) is 26.0 Å². The lowest BCUT2D eigenvalue weighted by atomic mass is 10.1. The maximum absolute atomic E-state index is 12.0. The highest BCUT2D eigenvalue weighted by Crippen LogP contribution is 2.45. The second-order valence-electron chi connectivity index (χ2n) is 8.92. The van der Waals surface area contributed by atoms with E-state index in [1.165, 1.54) is 30.3 Å². The van der Waals surface area contributed by atoms with Crippen LogP contribution >= 0.6 is 7.82 Å². The van der Waals surface area contributed by atoms with Crippen LogP contribution in [0, 0.1) is 0 Å². The molecule has 0 amide bonds. The Morgan fingerprint density at radius 1 is 1.05 bits per heavy atom. The first-order valence-electron chi connectivity index (χ1n) is 11.4. The van der Waals surface area contributed by atoms with Gasteiger partial charge in [0.1, 0.15) is 5.75 Å². The molecule has 17 heteroatoms. The molecule has 14 nitrogen and oxygen atoms in total. The number of aromatic nitrogens is 4. The predicted octanol–water partition coefficient (Wildman–Crippen LogP) is 2.30. The summed E-state index contributed by atoms with van der Waals surface area (Å²) < 4.78 is 66.4. The molecule has 1 aliphatic carbocycles. The Balaban J connectivity index is 1.43. The average molecular weight is 595 g/mol. The Morgan fingerprint density at radius 3 is 2.38 bits per heavy atom. The summed E-state index contributed by atoms with van der Waals surface area (Å²) in [6.45, 7) is 0. The monoisotopic (exact) mass is 594 g/mol. The second-order valence-corrected chi connectivity index (χ2v) is 14.0. The van der Waals surface area contributed by atoms with Gasteiger partial charge in [0.15, 0.2) is 5.65 Å². The quantitative estimate of drug-likeness (QED) is 0.252. The van der Waals surface area contributed by atoms with Gasteiger partial charge in [0, 0.05) is 17.4 Å². The number of phosphoric ester groups is 1. The van der Waals surface area contributed by atoms with Crippen molar-refractivity contribution in [3.8, 4) is 5.75 Å². The molecule has 1 unspecified atom stereocenters. The van der Waals surface area contributed by atoms with E-state index in [2.05, 4.69) is 20.4 Å². The zero-order valence-corrected chi connectivity index (χ0v) is 23.1. The highest BCUT2D eigenvalue weighted by Gasteiger charge is 2.31. The maximum atomic E-state index is 12.0. The summed E-state index contributed by atoms with van der Waals surface area (Å²) >= 11 is 0. The minimum atomic E-state index is -4.72. The SMILES string of the molecule is CS(=O)(=O)N(c1ccc(Nc2ncc3cnn(C4CCc5c(OP(=O)(O)O)cccc54)c3n2)cc1)S(C)(=O)=O. The first-order chi connectivity index (χ1) is 18.2. The molecule has 1 aliphatic rings. The van der Waals surface area contributed by atoms with E-state index in [1.807, 2.05) is 6.07 Å². The van der Waals surface area contributed by atoms with Crippen molar-refractivity contribution in [2.24, 2.45) is 0 Å². The minimum Gasteiger partial charge on any atom is -0.404 e. The number of nitrogens with zero attached hydrogens (tertiary/aromatic N) is 5. The van der Waals surface area contributed by atoms with E-state index in [0.717, 1.165) is 18.1 Å². The molecule has 0 fully saturated rings. The van der Waals surface area contributed by atoms with Crippen LogP contribution in [-0.4, -0.2) is 58.9 Å². The highest BCUT2D eigenvalue weighted by atomic mass is 32.3. The van der Waals surface area contributed by atoms with Gasteiger partial charge in [0.25, 0.3) is 0 Å². The molecule has 0 bridgehead atoms. The Morgan fingerprint density at radius 2 is 1.74 bits per heavy atom. The number of nitrogens with one attached hydrogen (secondary N) is 1. The molecule has 0 radical (unpaired) electrons. The lowest BCUT2D eigenvalue weighted by Gasteiger charge is -2.20. The van der Waals surface area contributed by atoms with Gasteiger partial charge in [-0.25, -0.2) is 31.1 Å². The average Bonchev–Trinajstić information content (AvgIpc) is 3.42. The molecule has 1 atom stereocenters. The zero-order chi connectivity index (χ0) is 28.2. The lowest BCUT2D eigenvalue weighted by Crippen LogP contribution is -2.35. The highest BCUT2D eigenvalue weighted by molar-refractivity contribution is 8.09. The van der Waals surface area contributed by atoms with Crippen molar-refractivity contribution in [3.63, 3.8) is 0 Å². The van der Waals surface area contributed by atoms with E-state index >= 15 is 0 Å². The van der Waals surface area contributed by atoms with Gasteiger partial charge in [-0.2, -0.15) is 13.8 Å². The minimum absolute atomic E-state index is 0.0398. The number of rotatable bonds is 8. The summed E-state index contributed by atoms with van der Waals surface area (Å²) in [5, 5.41) is 8.16. The lowest BCUT2D eigenvalue weighted by molar-refractivity contribution is 0.282. The van der Waals surface area contributed by atoms with Crippen LogP contribution in [0.15, 0.2) is 54.9 Å². The number of phosphoric acid groups is 1. The van der Waals surface area contributed by atoms with Gasteiger partial charge in [-0.3, -0.25) is 9.79 Å². The molecule has 3 N–H and O–H groups in total. The van der Waals surface area contributed by atoms with Crippen LogP contribution in [-0.2, 0) is 31.0 Å². The molecule has 4 aromatic rings. The van der Waals surface area contributed by atoms with Crippen molar-refractivity contribution in [2.45, 2.75) is 18.9 Å². The van der Waals surface area contributed by atoms with Crippen LogP contribution in [0.25, 0.3) is 11.0 Å². The van der Waals surface area contributed by atoms with Crippen LogP contribution in [0.3, 0.4) is 0 Å². The smallest absolute Gasteiger partial charge is 0.404 e. The number of fused-ring (bicyclic) bond motifs is 2. The van der Waals surface area contributed by atoms with Crippen LogP contribution in [0.1, 0.15) is 23.6 Å². The molecule has 5 rings (SSSR count). The summed E-state index contributed by atoms with van der Waals surface area (Å²) in [7, 11) is -12.9. The third-order valence-corrected chi connectivity index (χ3v) is 9.67. The van der Waals surface area contributed by atoms with Gasteiger partial charge < -0.3 is 9.84 Å². The molecule has 39 heavy (non-hydrogen) atoms. The summed E-state index contributed by atoms with van der Waals surface area (Å²) in [6.07, 6.45) is 5.95.